The predicted molar refractivity (Wildman–Crippen MR) is 107 cm³/mol. The van der Waals surface area contributed by atoms with Gasteiger partial charge in [0.1, 0.15) is 17.1 Å². The molecule has 2 heterocycles. The number of Topliss-reactive ketones (excluding diaryl/α,β-unsaturated/α-hetero) is 1. The third-order valence-corrected chi connectivity index (χ3v) is 4.45. The molecule has 9 nitrogen and oxygen atoms in total. The molecule has 1 aromatic carbocycles. The second-order valence-corrected chi connectivity index (χ2v) is 6.45. The van der Waals surface area contributed by atoms with E-state index in [1.165, 1.54) is 13.1 Å². The van der Waals surface area contributed by atoms with Crippen molar-refractivity contribution in [1.82, 2.24) is 14.1 Å². The van der Waals surface area contributed by atoms with E-state index in [1.54, 1.807) is 18.2 Å². The summed E-state index contributed by atoms with van der Waals surface area (Å²) in [4.78, 5) is 53.6. The van der Waals surface area contributed by atoms with Gasteiger partial charge in [-0.15, -0.1) is 0 Å². The number of carbonyl (C=O) groups excluding carboxylic acids is 2. The first-order valence-electron chi connectivity index (χ1n) is 9.00. The quantitative estimate of drug-likeness (QED) is 0.489. The molecule has 0 unspecified atom stereocenters. The zero-order valence-electron chi connectivity index (χ0n) is 16.0. The normalized spacial score (nSPS) is 10.8. The second-order valence-electron chi connectivity index (χ2n) is 6.45. The lowest BCUT2D eigenvalue weighted by Crippen LogP contribution is -2.43. The summed E-state index contributed by atoms with van der Waals surface area (Å²) >= 11 is 0. The summed E-state index contributed by atoms with van der Waals surface area (Å²) in [5.41, 5.74) is 4.73. The number of ketones is 1. The first kappa shape index (κ1) is 20.0. The van der Waals surface area contributed by atoms with Crippen molar-refractivity contribution in [2.45, 2.75) is 19.9 Å². The summed E-state index contributed by atoms with van der Waals surface area (Å²) in [6, 6.07) is 10.4. The standard InChI is InChI=1S/C20H20N4O5/c1-3-10-24-17(21)16(18(26)23(2)20(24)28)15(25)11-29-19(27)14-9-8-12-6-4-5-7-13(12)22-14/h4-9H,3,10-11,21H2,1-2H3. The lowest BCUT2D eigenvalue weighted by Gasteiger charge is -2.13. The summed E-state index contributed by atoms with van der Waals surface area (Å²) in [5, 5.41) is 0.856. The molecule has 3 rings (SSSR count). The molecule has 0 fully saturated rings. The number of hydrogen-bond acceptors (Lipinski definition) is 7. The largest absolute Gasteiger partial charge is 0.453 e. The number of carbonyl (C=O) groups is 2. The minimum atomic E-state index is -0.829. The van der Waals surface area contributed by atoms with Crippen LogP contribution in [-0.2, 0) is 18.3 Å². The van der Waals surface area contributed by atoms with E-state index >= 15 is 0 Å². The Morgan fingerprint density at radius 3 is 2.59 bits per heavy atom. The molecule has 0 aliphatic heterocycles. The molecule has 29 heavy (non-hydrogen) atoms. The molecule has 0 radical (unpaired) electrons. The highest BCUT2D eigenvalue weighted by Gasteiger charge is 2.23. The van der Waals surface area contributed by atoms with Crippen LogP contribution in [0.2, 0.25) is 0 Å². The predicted octanol–water partition coefficient (Wildman–Crippen LogP) is 1.13. The van der Waals surface area contributed by atoms with E-state index in [9.17, 15) is 19.2 Å². The second kappa shape index (κ2) is 8.09. The monoisotopic (exact) mass is 396 g/mol. The fourth-order valence-electron chi connectivity index (χ4n) is 2.94. The van der Waals surface area contributed by atoms with Gasteiger partial charge < -0.3 is 10.5 Å². The Balaban J connectivity index is 1.84. The van der Waals surface area contributed by atoms with E-state index < -0.39 is 29.6 Å². The molecular formula is C20H20N4O5. The first-order valence-corrected chi connectivity index (χ1v) is 9.00. The van der Waals surface area contributed by atoms with E-state index in [0.717, 1.165) is 14.5 Å². The Morgan fingerprint density at radius 1 is 1.14 bits per heavy atom. The third-order valence-electron chi connectivity index (χ3n) is 4.45. The maximum atomic E-state index is 12.5. The Labute approximate surface area is 165 Å². The molecule has 150 valence electrons. The number of rotatable bonds is 6. The number of aromatic nitrogens is 3. The number of para-hydroxylation sites is 1. The minimum absolute atomic E-state index is 0.0355. The van der Waals surface area contributed by atoms with Gasteiger partial charge in [-0.2, -0.15) is 0 Å². The van der Waals surface area contributed by atoms with Gasteiger partial charge in [-0.05, 0) is 18.6 Å². The molecule has 2 aromatic heterocycles. The molecule has 9 heteroatoms. The van der Waals surface area contributed by atoms with Crippen LogP contribution < -0.4 is 17.0 Å². The van der Waals surface area contributed by atoms with Gasteiger partial charge in [0.2, 0.25) is 5.78 Å². The van der Waals surface area contributed by atoms with Crippen molar-refractivity contribution in [3.8, 4) is 0 Å². The lowest BCUT2D eigenvalue weighted by molar-refractivity contribution is 0.0468. The maximum Gasteiger partial charge on any atom is 0.357 e. The van der Waals surface area contributed by atoms with Crippen LogP contribution in [0.1, 0.15) is 34.2 Å². The van der Waals surface area contributed by atoms with Gasteiger partial charge in [-0.1, -0.05) is 31.2 Å². The number of nitrogens with two attached hydrogens (primary N) is 1. The molecule has 0 aliphatic rings. The average molecular weight is 396 g/mol. The Kier molecular flexibility index (Phi) is 5.58. The topological polar surface area (TPSA) is 126 Å². The van der Waals surface area contributed by atoms with Crippen LogP contribution in [0.3, 0.4) is 0 Å². The Morgan fingerprint density at radius 2 is 1.86 bits per heavy atom. The van der Waals surface area contributed by atoms with Crippen LogP contribution in [0.25, 0.3) is 10.9 Å². The van der Waals surface area contributed by atoms with Crippen molar-refractivity contribution >= 4 is 28.5 Å². The van der Waals surface area contributed by atoms with Crippen LogP contribution in [0.5, 0.6) is 0 Å². The molecule has 0 spiro atoms. The highest BCUT2D eigenvalue weighted by molar-refractivity contribution is 6.02. The summed E-state index contributed by atoms with van der Waals surface area (Å²) in [6.07, 6.45) is 0.582. The molecule has 0 bridgehead atoms. The average Bonchev–Trinajstić information content (AvgIpc) is 2.73. The Bertz CT molecular complexity index is 1230. The van der Waals surface area contributed by atoms with Crippen molar-refractivity contribution in [3.63, 3.8) is 0 Å². The number of ether oxygens (including phenoxy) is 1. The van der Waals surface area contributed by atoms with Crippen molar-refractivity contribution in [3.05, 3.63) is 68.5 Å². The summed E-state index contributed by atoms with van der Waals surface area (Å²) in [5.74, 6) is -1.83. The number of hydrogen-bond donors (Lipinski definition) is 1. The molecular weight excluding hydrogens is 376 g/mol. The number of fused-ring (bicyclic) bond motifs is 1. The van der Waals surface area contributed by atoms with Crippen LogP contribution in [-0.4, -0.2) is 32.5 Å². The molecule has 3 aromatic rings. The Hall–Kier alpha value is -3.75. The molecule has 0 aliphatic carbocycles. The summed E-state index contributed by atoms with van der Waals surface area (Å²) in [7, 11) is 1.26. The smallest absolute Gasteiger partial charge is 0.357 e. The van der Waals surface area contributed by atoms with Crippen LogP contribution in [0, 0.1) is 0 Å². The van der Waals surface area contributed by atoms with Crippen molar-refractivity contribution in [2.24, 2.45) is 7.05 Å². The fraction of sp³-hybridized carbons (Fsp3) is 0.250. The number of anilines is 1. The van der Waals surface area contributed by atoms with E-state index in [0.29, 0.717) is 11.9 Å². The highest BCUT2D eigenvalue weighted by atomic mass is 16.5. The molecule has 0 amide bonds. The number of esters is 1. The van der Waals surface area contributed by atoms with Crippen LogP contribution in [0.15, 0.2) is 46.0 Å². The van der Waals surface area contributed by atoms with Gasteiger partial charge >= 0.3 is 11.7 Å². The van der Waals surface area contributed by atoms with Gasteiger partial charge in [0.05, 0.1) is 5.52 Å². The SMILES string of the molecule is CCCn1c(N)c(C(=O)COC(=O)c2ccc3ccccc3n2)c(=O)n(C)c1=O. The molecule has 0 atom stereocenters. The van der Waals surface area contributed by atoms with E-state index in [4.69, 9.17) is 10.5 Å². The summed E-state index contributed by atoms with van der Waals surface area (Å²) in [6.45, 7) is 1.38. The highest BCUT2D eigenvalue weighted by Crippen LogP contribution is 2.13. The summed E-state index contributed by atoms with van der Waals surface area (Å²) < 4.78 is 7.00. The van der Waals surface area contributed by atoms with E-state index in [-0.39, 0.29) is 23.6 Å². The van der Waals surface area contributed by atoms with E-state index in [1.807, 2.05) is 19.1 Å². The fourth-order valence-corrected chi connectivity index (χ4v) is 2.94. The van der Waals surface area contributed by atoms with Gasteiger partial charge in [-0.25, -0.2) is 14.6 Å². The third kappa shape index (κ3) is 3.79. The van der Waals surface area contributed by atoms with Gasteiger partial charge in [0, 0.05) is 19.0 Å². The first-order chi connectivity index (χ1) is 13.8. The van der Waals surface area contributed by atoms with Crippen LogP contribution in [0.4, 0.5) is 5.82 Å². The minimum Gasteiger partial charge on any atom is -0.453 e. The van der Waals surface area contributed by atoms with Gasteiger partial charge in [0.25, 0.3) is 5.56 Å². The zero-order valence-corrected chi connectivity index (χ0v) is 16.0. The van der Waals surface area contributed by atoms with Crippen molar-refractivity contribution in [1.29, 1.82) is 0 Å². The molecule has 2 N–H and O–H groups in total. The number of pyridine rings is 1. The van der Waals surface area contributed by atoms with Gasteiger partial charge in [-0.3, -0.25) is 18.7 Å². The number of nitrogen functional groups attached to an aromatic ring is 1. The van der Waals surface area contributed by atoms with Crippen LogP contribution >= 0.6 is 0 Å². The number of benzene rings is 1. The molecule has 0 saturated carbocycles. The van der Waals surface area contributed by atoms with Crippen molar-refractivity contribution in [2.75, 3.05) is 12.3 Å². The maximum absolute atomic E-state index is 12.5. The van der Waals surface area contributed by atoms with Crippen molar-refractivity contribution < 1.29 is 14.3 Å². The lowest BCUT2D eigenvalue weighted by atomic mass is 10.2. The number of nitrogens with zero attached hydrogens (tertiary/aromatic N) is 3. The van der Waals surface area contributed by atoms with Gasteiger partial charge in [0.15, 0.2) is 6.61 Å². The van der Waals surface area contributed by atoms with E-state index in [2.05, 4.69) is 4.98 Å². The molecule has 0 saturated heterocycles. The zero-order chi connectivity index (χ0) is 21.1.